The van der Waals surface area contributed by atoms with Gasteiger partial charge in [-0.3, -0.25) is 0 Å². The van der Waals surface area contributed by atoms with E-state index in [-0.39, 0.29) is 30.2 Å². The third kappa shape index (κ3) is 3.05. The molecule has 0 radical (unpaired) electrons. The number of carbonyl (C=O) groups is 1. The van der Waals surface area contributed by atoms with Gasteiger partial charge in [-0.15, -0.1) is 5.10 Å². The van der Waals surface area contributed by atoms with Crippen LogP contribution in [-0.4, -0.2) is 45.5 Å². The van der Waals surface area contributed by atoms with E-state index in [4.69, 9.17) is 10.8 Å². The van der Waals surface area contributed by atoms with Crippen molar-refractivity contribution in [2.75, 3.05) is 5.75 Å². The van der Waals surface area contributed by atoms with E-state index < -0.39 is 21.1 Å². The summed E-state index contributed by atoms with van der Waals surface area (Å²) in [7, 11) is -3.21. The van der Waals surface area contributed by atoms with E-state index in [0.29, 0.717) is 0 Å². The van der Waals surface area contributed by atoms with Crippen molar-refractivity contribution in [3.8, 4) is 0 Å². The van der Waals surface area contributed by atoms with E-state index in [1.165, 1.54) is 4.68 Å². The minimum absolute atomic E-state index is 0.0489. The predicted octanol–water partition coefficient (Wildman–Crippen LogP) is -0.742. The smallest absolute Gasteiger partial charge is 0.358 e. The predicted molar refractivity (Wildman–Crippen MR) is 63.8 cm³/mol. The number of nitrogens with two attached hydrogens (primary N) is 1. The second-order valence-corrected chi connectivity index (χ2v) is 6.71. The second kappa shape index (κ2) is 5.44. The molecule has 0 amide bonds. The number of hydrogen-bond donors (Lipinski definition) is 2. The SMILES string of the molecule is CC(C)S(=O)(=O)CCn1nnc(C(=O)O)c1CN. The van der Waals surface area contributed by atoms with Crippen molar-refractivity contribution in [1.82, 2.24) is 15.0 Å². The van der Waals surface area contributed by atoms with Gasteiger partial charge in [0.25, 0.3) is 0 Å². The molecule has 1 heterocycles. The fourth-order valence-corrected chi connectivity index (χ4v) is 2.23. The van der Waals surface area contributed by atoms with Crippen LogP contribution in [0.15, 0.2) is 0 Å². The molecule has 0 saturated carbocycles. The lowest BCUT2D eigenvalue weighted by Crippen LogP contribution is -2.23. The lowest BCUT2D eigenvalue weighted by Gasteiger charge is -2.08. The van der Waals surface area contributed by atoms with E-state index >= 15 is 0 Å². The van der Waals surface area contributed by atoms with Gasteiger partial charge >= 0.3 is 5.97 Å². The van der Waals surface area contributed by atoms with E-state index in [1.807, 2.05) is 0 Å². The molecule has 0 saturated heterocycles. The Hall–Kier alpha value is -1.48. The Morgan fingerprint density at radius 3 is 2.56 bits per heavy atom. The lowest BCUT2D eigenvalue weighted by atomic mass is 10.3. The monoisotopic (exact) mass is 276 g/mol. The zero-order chi connectivity index (χ0) is 13.9. The average molecular weight is 276 g/mol. The normalized spacial score (nSPS) is 12.0. The highest BCUT2D eigenvalue weighted by Gasteiger charge is 2.20. The largest absolute Gasteiger partial charge is 0.476 e. The highest BCUT2D eigenvalue weighted by Crippen LogP contribution is 2.07. The van der Waals surface area contributed by atoms with Crippen molar-refractivity contribution in [1.29, 1.82) is 0 Å². The Morgan fingerprint density at radius 2 is 2.11 bits per heavy atom. The maximum absolute atomic E-state index is 11.6. The van der Waals surface area contributed by atoms with Crippen molar-refractivity contribution in [2.24, 2.45) is 5.73 Å². The van der Waals surface area contributed by atoms with Crippen LogP contribution in [0.4, 0.5) is 0 Å². The first kappa shape index (κ1) is 14.6. The molecule has 0 aromatic carbocycles. The van der Waals surface area contributed by atoms with Gasteiger partial charge < -0.3 is 10.8 Å². The molecule has 0 aliphatic carbocycles. The van der Waals surface area contributed by atoms with Gasteiger partial charge in [0.2, 0.25) is 0 Å². The number of aryl methyl sites for hydroxylation is 1. The maximum Gasteiger partial charge on any atom is 0.358 e. The molecule has 0 fully saturated rings. The number of aromatic nitrogens is 3. The van der Waals surface area contributed by atoms with Crippen molar-refractivity contribution in [2.45, 2.75) is 32.2 Å². The van der Waals surface area contributed by atoms with Crippen LogP contribution in [0.2, 0.25) is 0 Å². The molecular weight excluding hydrogens is 260 g/mol. The maximum atomic E-state index is 11.6. The number of rotatable bonds is 6. The van der Waals surface area contributed by atoms with E-state index in [0.717, 1.165) is 0 Å². The summed E-state index contributed by atoms with van der Waals surface area (Å²) in [5, 5.41) is 15.4. The highest BCUT2D eigenvalue weighted by atomic mass is 32.2. The first-order valence-electron chi connectivity index (χ1n) is 5.37. The fraction of sp³-hybridized carbons (Fsp3) is 0.667. The molecule has 0 aliphatic heterocycles. The topological polar surface area (TPSA) is 128 Å². The van der Waals surface area contributed by atoms with Crippen molar-refractivity contribution in [3.05, 3.63) is 11.4 Å². The summed E-state index contributed by atoms with van der Waals surface area (Å²) in [6.45, 7) is 3.16. The van der Waals surface area contributed by atoms with Crippen LogP contribution < -0.4 is 5.73 Å². The van der Waals surface area contributed by atoms with Crippen LogP contribution in [0.5, 0.6) is 0 Å². The number of hydrogen-bond acceptors (Lipinski definition) is 6. The van der Waals surface area contributed by atoms with Crippen LogP contribution in [0.25, 0.3) is 0 Å². The van der Waals surface area contributed by atoms with Gasteiger partial charge in [-0.2, -0.15) is 0 Å². The van der Waals surface area contributed by atoms with Gasteiger partial charge in [-0.1, -0.05) is 5.21 Å². The van der Waals surface area contributed by atoms with Crippen molar-refractivity contribution >= 4 is 15.8 Å². The third-order valence-electron chi connectivity index (χ3n) is 2.54. The Balaban J connectivity index is 2.90. The van der Waals surface area contributed by atoms with Crippen LogP contribution in [0.3, 0.4) is 0 Å². The zero-order valence-corrected chi connectivity index (χ0v) is 11.0. The summed E-state index contributed by atoms with van der Waals surface area (Å²) in [4.78, 5) is 10.8. The summed E-state index contributed by atoms with van der Waals surface area (Å²) in [6, 6.07) is 0. The minimum atomic E-state index is -3.21. The standard InChI is InChI=1S/C9H16N4O4S/c1-6(2)18(16,17)4-3-13-7(5-10)8(9(14)15)11-12-13/h6H,3-5,10H2,1-2H3,(H,14,15). The molecule has 0 atom stereocenters. The molecule has 0 spiro atoms. The number of nitrogens with zero attached hydrogens (tertiary/aromatic N) is 3. The van der Waals surface area contributed by atoms with E-state index in [2.05, 4.69) is 10.3 Å². The summed E-state index contributed by atoms with van der Waals surface area (Å²) < 4.78 is 24.5. The van der Waals surface area contributed by atoms with Crippen LogP contribution in [-0.2, 0) is 22.9 Å². The molecular formula is C9H16N4O4S. The van der Waals surface area contributed by atoms with Gasteiger partial charge in [-0.25, -0.2) is 17.9 Å². The molecule has 102 valence electrons. The van der Waals surface area contributed by atoms with Gasteiger partial charge in [0.15, 0.2) is 15.5 Å². The first-order valence-corrected chi connectivity index (χ1v) is 7.08. The fourth-order valence-electron chi connectivity index (χ4n) is 1.33. The van der Waals surface area contributed by atoms with Crippen LogP contribution in [0, 0.1) is 0 Å². The molecule has 8 nitrogen and oxygen atoms in total. The summed E-state index contributed by atoms with van der Waals surface area (Å²) in [6.07, 6.45) is 0. The average Bonchev–Trinajstić information content (AvgIpc) is 2.69. The van der Waals surface area contributed by atoms with E-state index in [9.17, 15) is 13.2 Å². The zero-order valence-electron chi connectivity index (χ0n) is 10.2. The Kier molecular flexibility index (Phi) is 4.41. The van der Waals surface area contributed by atoms with Crippen molar-refractivity contribution in [3.63, 3.8) is 0 Å². The van der Waals surface area contributed by atoms with Crippen LogP contribution >= 0.6 is 0 Å². The Labute approximate surface area is 105 Å². The lowest BCUT2D eigenvalue weighted by molar-refractivity contribution is 0.0689. The van der Waals surface area contributed by atoms with Gasteiger partial charge in [0.05, 0.1) is 23.2 Å². The Bertz CT molecular complexity index is 535. The van der Waals surface area contributed by atoms with Crippen molar-refractivity contribution < 1.29 is 18.3 Å². The summed E-state index contributed by atoms with van der Waals surface area (Å²) in [5.41, 5.74) is 5.41. The molecule has 0 bridgehead atoms. The molecule has 3 N–H and O–H groups in total. The first-order chi connectivity index (χ1) is 8.29. The van der Waals surface area contributed by atoms with E-state index in [1.54, 1.807) is 13.8 Å². The number of carboxylic acids is 1. The quantitative estimate of drug-likeness (QED) is 0.700. The number of aromatic carboxylic acids is 1. The summed E-state index contributed by atoms with van der Waals surface area (Å²) in [5.74, 6) is -1.35. The Morgan fingerprint density at radius 1 is 1.50 bits per heavy atom. The molecule has 0 aliphatic rings. The molecule has 9 heteroatoms. The minimum Gasteiger partial charge on any atom is -0.476 e. The van der Waals surface area contributed by atoms with Crippen LogP contribution in [0.1, 0.15) is 30.0 Å². The summed E-state index contributed by atoms with van der Waals surface area (Å²) >= 11 is 0. The number of carboxylic acid groups (broad SMARTS) is 1. The van der Waals surface area contributed by atoms with Gasteiger partial charge in [-0.05, 0) is 13.8 Å². The highest BCUT2D eigenvalue weighted by molar-refractivity contribution is 7.91. The molecule has 0 unspecified atom stereocenters. The third-order valence-corrected chi connectivity index (χ3v) is 4.73. The van der Waals surface area contributed by atoms with Gasteiger partial charge in [0.1, 0.15) is 0 Å². The molecule has 18 heavy (non-hydrogen) atoms. The second-order valence-electron chi connectivity index (χ2n) is 4.03. The molecule has 1 aromatic rings. The molecule has 1 rings (SSSR count). The van der Waals surface area contributed by atoms with Gasteiger partial charge in [0, 0.05) is 6.54 Å². The number of sulfone groups is 1. The molecule has 1 aromatic heterocycles.